The van der Waals surface area contributed by atoms with E-state index in [1.165, 1.54) is 0 Å². The maximum atomic E-state index is 12.4. The van der Waals surface area contributed by atoms with Gasteiger partial charge in [0.25, 0.3) is 0 Å². The summed E-state index contributed by atoms with van der Waals surface area (Å²) in [5.74, 6) is 0.660. The Morgan fingerprint density at radius 2 is 1.63 bits per heavy atom. The Kier molecular flexibility index (Phi) is 7.50. The van der Waals surface area contributed by atoms with Crippen LogP contribution in [0.25, 0.3) is 0 Å². The molecule has 8 nitrogen and oxygen atoms in total. The van der Waals surface area contributed by atoms with E-state index in [4.69, 9.17) is 14.2 Å². The highest BCUT2D eigenvalue weighted by Gasteiger charge is 2.35. The molecular weight excluding hydrogens is 448 g/mol. The summed E-state index contributed by atoms with van der Waals surface area (Å²) in [5.41, 5.74) is 1.42. The van der Waals surface area contributed by atoms with E-state index in [1.54, 1.807) is 9.80 Å². The minimum atomic E-state index is -0.672. The number of β-amino-alcohol motifs (C(OH)–C–C–N with tert-alkyl or cyclic N) is 1. The molecule has 2 aliphatic heterocycles. The van der Waals surface area contributed by atoms with E-state index in [1.807, 2.05) is 75.4 Å². The van der Waals surface area contributed by atoms with Crippen molar-refractivity contribution in [1.29, 1.82) is 0 Å². The molecule has 188 valence electrons. The fourth-order valence-electron chi connectivity index (χ4n) is 4.27. The van der Waals surface area contributed by atoms with Crippen LogP contribution in [0.5, 0.6) is 5.75 Å². The lowest BCUT2D eigenvalue weighted by Gasteiger charge is -2.39. The molecule has 2 aromatic carbocycles. The molecule has 2 saturated heterocycles. The highest BCUT2D eigenvalue weighted by atomic mass is 16.6. The number of aliphatic hydroxyl groups excluding tert-OH is 1. The summed E-state index contributed by atoms with van der Waals surface area (Å²) in [7, 11) is 0. The number of carbonyl (C=O) groups excluding carboxylic acids is 2. The van der Waals surface area contributed by atoms with Gasteiger partial charge in [-0.15, -0.1) is 0 Å². The number of hydrogen-bond acceptors (Lipinski definition) is 6. The van der Waals surface area contributed by atoms with Crippen molar-refractivity contribution in [3.8, 4) is 5.75 Å². The van der Waals surface area contributed by atoms with Gasteiger partial charge in [-0.3, -0.25) is 0 Å². The van der Waals surface area contributed by atoms with E-state index in [0.717, 1.165) is 16.9 Å². The van der Waals surface area contributed by atoms with Gasteiger partial charge in [0.1, 0.15) is 24.1 Å². The molecule has 2 atom stereocenters. The lowest BCUT2D eigenvalue weighted by Crippen LogP contribution is -2.57. The highest BCUT2D eigenvalue weighted by molar-refractivity contribution is 5.69. The summed E-state index contributed by atoms with van der Waals surface area (Å²) in [6.45, 7) is 7.50. The molecule has 2 aliphatic rings. The zero-order chi connectivity index (χ0) is 25.0. The maximum absolute atomic E-state index is 12.4. The summed E-state index contributed by atoms with van der Waals surface area (Å²) in [6.07, 6.45) is -0.819. The van der Waals surface area contributed by atoms with Crippen LogP contribution in [0.15, 0.2) is 54.6 Å². The first-order chi connectivity index (χ1) is 16.7. The van der Waals surface area contributed by atoms with Crippen molar-refractivity contribution in [2.24, 2.45) is 0 Å². The number of aliphatic hydroxyl groups is 1. The average molecular weight is 483 g/mol. The van der Waals surface area contributed by atoms with E-state index >= 15 is 0 Å². The number of ether oxygens (including phenoxy) is 3. The molecular formula is C27H34N2O6. The van der Waals surface area contributed by atoms with E-state index < -0.39 is 17.8 Å². The number of carbonyl (C=O) groups is 2. The zero-order valence-corrected chi connectivity index (χ0v) is 20.6. The van der Waals surface area contributed by atoms with Crippen molar-refractivity contribution in [3.05, 3.63) is 65.7 Å². The van der Waals surface area contributed by atoms with Crippen LogP contribution in [-0.4, -0.2) is 71.1 Å². The zero-order valence-electron chi connectivity index (χ0n) is 20.6. The van der Waals surface area contributed by atoms with Crippen LogP contribution >= 0.6 is 0 Å². The summed E-state index contributed by atoms with van der Waals surface area (Å²) in [5, 5.41) is 10.7. The second-order valence-corrected chi connectivity index (χ2v) is 10.1. The van der Waals surface area contributed by atoms with Crippen molar-refractivity contribution < 1.29 is 28.9 Å². The minimum Gasteiger partial charge on any atom is -0.487 e. The largest absolute Gasteiger partial charge is 0.487 e. The Bertz CT molecular complexity index is 999. The predicted molar refractivity (Wildman–Crippen MR) is 130 cm³/mol. The van der Waals surface area contributed by atoms with E-state index in [0.29, 0.717) is 26.1 Å². The first-order valence-corrected chi connectivity index (χ1v) is 12.1. The Morgan fingerprint density at radius 3 is 2.26 bits per heavy atom. The molecule has 1 N–H and O–H groups in total. The lowest BCUT2D eigenvalue weighted by molar-refractivity contribution is -0.0221. The molecule has 2 fully saturated rings. The second kappa shape index (κ2) is 10.6. The van der Waals surface area contributed by atoms with E-state index in [9.17, 15) is 14.7 Å². The fourth-order valence-corrected chi connectivity index (χ4v) is 4.27. The molecule has 0 spiro atoms. The Labute approximate surface area is 206 Å². The van der Waals surface area contributed by atoms with E-state index in [-0.39, 0.29) is 31.3 Å². The van der Waals surface area contributed by atoms with Crippen LogP contribution in [-0.2, 0) is 16.1 Å². The molecule has 0 saturated carbocycles. The highest BCUT2D eigenvalue weighted by Crippen LogP contribution is 2.30. The van der Waals surface area contributed by atoms with Crippen molar-refractivity contribution in [2.75, 3.05) is 26.2 Å². The third-order valence-electron chi connectivity index (χ3n) is 6.16. The van der Waals surface area contributed by atoms with Crippen molar-refractivity contribution >= 4 is 12.2 Å². The maximum Gasteiger partial charge on any atom is 0.410 e. The Morgan fingerprint density at radius 1 is 0.943 bits per heavy atom. The second-order valence-electron chi connectivity index (χ2n) is 10.1. The Hall–Kier alpha value is -3.26. The standard InChI is InChI=1S/C27H34N2O6/c1-27(2,3)35-26(32)29-15-22(16-29)34-21-11-9-20(10-12-21)23-13-14-28(17-24(23)30)25(31)33-18-19-7-5-4-6-8-19/h4-12,22-24,30H,13-18H2,1-3H3. The van der Waals surface area contributed by atoms with Gasteiger partial charge in [-0.2, -0.15) is 0 Å². The first-order valence-electron chi connectivity index (χ1n) is 12.1. The summed E-state index contributed by atoms with van der Waals surface area (Å²) in [6, 6.07) is 17.2. The van der Waals surface area contributed by atoms with E-state index in [2.05, 4.69) is 0 Å². The molecule has 2 unspecified atom stereocenters. The normalized spacial score (nSPS) is 20.7. The van der Waals surface area contributed by atoms with Gasteiger partial charge < -0.3 is 29.1 Å². The van der Waals surface area contributed by atoms with Gasteiger partial charge >= 0.3 is 12.2 Å². The Balaban J connectivity index is 1.22. The lowest BCUT2D eigenvalue weighted by atomic mass is 9.87. The number of hydrogen-bond donors (Lipinski definition) is 1. The van der Waals surface area contributed by atoms with Gasteiger partial charge in [-0.05, 0) is 50.5 Å². The van der Waals surface area contributed by atoms with Crippen molar-refractivity contribution in [3.63, 3.8) is 0 Å². The third-order valence-corrected chi connectivity index (χ3v) is 6.16. The van der Waals surface area contributed by atoms with Gasteiger partial charge in [-0.25, -0.2) is 9.59 Å². The molecule has 2 aromatic rings. The van der Waals surface area contributed by atoms with Crippen LogP contribution < -0.4 is 4.74 Å². The molecule has 8 heteroatoms. The molecule has 0 radical (unpaired) electrons. The number of piperidine rings is 1. The first kappa shape index (κ1) is 24.9. The van der Waals surface area contributed by atoms with Crippen LogP contribution in [0.1, 0.15) is 44.2 Å². The number of nitrogens with zero attached hydrogens (tertiary/aromatic N) is 2. The SMILES string of the molecule is CC(C)(C)OC(=O)N1CC(Oc2ccc(C3CCN(C(=O)OCc4ccccc4)CC3O)cc2)C1. The quantitative estimate of drug-likeness (QED) is 0.688. The van der Waals surface area contributed by atoms with Gasteiger partial charge in [0.05, 0.1) is 25.7 Å². The van der Waals surface area contributed by atoms with Gasteiger partial charge in [-0.1, -0.05) is 42.5 Å². The third kappa shape index (κ3) is 6.66. The topological polar surface area (TPSA) is 88.5 Å². The van der Waals surface area contributed by atoms with Gasteiger partial charge in [0.2, 0.25) is 0 Å². The summed E-state index contributed by atoms with van der Waals surface area (Å²) in [4.78, 5) is 27.7. The van der Waals surface area contributed by atoms with Gasteiger partial charge in [0.15, 0.2) is 0 Å². The molecule has 2 heterocycles. The molecule has 35 heavy (non-hydrogen) atoms. The molecule has 4 rings (SSSR count). The number of rotatable bonds is 5. The predicted octanol–water partition coefficient (Wildman–Crippen LogP) is 4.17. The van der Waals surface area contributed by atoms with Crippen LogP contribution in [0, 0.1) is 0 Å². The number of benzene rings is 2. The molecule has 0 aromatic heterocycles. The minimum absolute atomic E-state index is 0.0615. The monoisotopic (exact) mass is 482 g/mol. The van der Waals surface area contributed by atoms with Crippen LogP contribution in [0.3, 0.4) is 0 Å². The van der Waals surface area contributed by atoms with Crippen LogP contribution in [0.4, 0.5) is 9.59 Å². The fraction of sp³-hybridized carbons (Fsp3) is 0.481. The number of amides is 2. The smallest absolute Gasteiger partial charge is 0.410 e. The molecule has 2 amide bonds. The number of likely N-dealkylation sites (tertiary alicyclic amines) is 2. The molecule has 0 aliphatic carbocycles. The van der Waals surface area contributed by atoms with Crippen molar-refractivity contribution in [2.45, 2.75) is 57.5 Å². The van der Waals surface area contributed by atoms with Gasteiger partial charge in [0, 0.05) is 12.5 Å². The summed E-state index contributed by atoms with van der Waals surface area (Å²) < 4.78 is 16.7. The van der Waals surface area contributed by atoms with Crippen LogP contribution in [0.2, 0.25) is 0 Å². The molecule has 0 bridgehead atoms. The van der Waals surface area contributed by atoms with Crippen molar-refractivity contribution in [1.82, 2.24) is 9.80 Å². The summed E-state index contributed by atoms with van der Waals surface area (Å²) >= 11 is 0. The average Bonchev–Trinajstić information content (AvgIpc) is 2.79.